The molecule has 0 aliphatic carbocycles. The van der Waals surface area contributed by atoms with Gasteiger partial charge in [-0.2, -0.15) is 8.78 Å². The molecular weight excluding hydrogens is 282 g/mol. The maximum atomic E-state index is 12.5. The van der Waals surface area contributed by atoms with Crippen LogP contribution < -0.4 is 10.1 Å². The van der Waals surface area contributed by atoms with Gasteiger partial charge >= 0.3 is 12.6 Å². The van der Waals surface area contributed by atoms with Crippen LogP contribution in [0.4, 0.5) is 8.78 Å². The largest absolute Gasteiger partial charge is 0.480 e. The number of ether oxygens (including phenoxy) is 1. The van der Waals surface area contributed by atoms with Gasteiger partial charge in [0.2, 0.25) is 0 Å². The molecule has 1 unspecified atom stereocenters. The fourth-order valence-corrected chi connectivity index (χ4v) is 1.89. The van der Waals surface area contributed by atoms with Crippen LogP contribution in [0.3, 0.4) is 0 Å². The number of alkyl halides is 2. The van der Waals surface area contributed by atoms with Gasteiger partial charge in [-0.25, -0.2) is 4.79 Å². The summed E-state index contributed by atoms with van der Waals surface area (Å²) in [5.41, 5.74) is -1.35. The standard InChI is InChI=1S/C14H20F2N2O3/c1-14(12(19)20,17-8-9-18(2)3)10-6-4-5-7-11(10)21-13(15)16/h4-7,13,17H,8-9H2,1-3H3,(H,19,20). The number of halogens is 2. The van der Waals surface area contributed by atoms with Crippen molar-refractivity contribution < 1.29 is 23.4 Å². The zero-order valence-electron chi connectivity index (χ0n) is 12.3. The molecule has 0 heterocycles. The maximum absolute atomic E-state index is 12.5. The topological polar surface area (TPSA) is 61.8 Å². The van der Waals surface area contributed by atoms with Crippen LogP contribution in [0.15, 0.2) is 24.3 Å². The minimum atomic E-state index is -3.01. The minimum absolute atomic E-state index is 0.144. The van der Waals surface area contributed by atoms with Crippen molar-refractivity contribution in [3.8, 4) is 5.75 Å². The summed E-state index contributed by atoms with van der Waals surface area (Å²) in [6, 6.07) is 5.90. The number of carboxylic acid groups (broad SMARTS) is 1. The number of nitrogens with one attached hydrogen (secondary N) is 1. The van der Waals surface area contributed by atoms with Gasteiger partial charge in [-0.1, -0.05) is 18.2 Å². The fraction of sp³-hybridized carbons (Fsp3) is 0.500. The smallest absolute Gasteiger partial charge is 0.387 e. The molecule has 0 amide bonds. The van der Waals surface area contributed by atoms with Crippen molar-refractivity contribution >= 4 is 5.97 Å². The van der Waals surface area contributed by atoms with Crippen LogP contribution in [0.1, 0.15) is 12.5 Å². The zero-order valence-corrected chi connectivity index (χ0v) is 12.3. The molecule has 1 rings (SSSR count). The fourth-order valence-electron chi connectivity index (χ4n) is 1.89. The van der Waals surface area contributed by atoms with E-state index in [9.17, 15) is 18.7 Å². The average Bonchev–Trinajstić information content (AvgIpc) is 2.37. The zero-order chi connectivity index (χ0) is 16.0. The van der Waals surface area contributed by atoms with E-state index < -0.39 is 18.1 Å². The van der Waals surface area contributed by atoms with Gasteiger partial charge in [-0.3, -0.25) is 5.32 Å². The first-order valence-corrected chi connectivity index (χ1v) is 6.45. The van der Waals surface area contributed by atoms with Gasteiger partial charge in [0.25, 0.3) is 0 Å². The third kappa shape index (κ3) is 4.64. The molecule has 1 atom stereocenters. The van der Waals surface area contributed by atoms with Crippen molar-refractivity contribution in [1.29, 1.82) is 0 Å². The third-order valence-electron chi connectivity index (χ3n) is 3.11. The van der Waals surface area contributed by atoms with Crippen LogP contribution >= 0.6 is 0 Å². The second-order valence-electron chi connectivity index (χ2n) is 5.03. The molecule has 2 N–H and O–H groups in total. The van der Waals surface area contributed by atoms with Gasteiger partial charge in [0.1, 0.15) is 11.3 Å². The summed E-state index contributed by atoms with van der Waals surface area (Å²) >= 11 is 0. The lowest BCUT2D eigenvalue weighted by Crippen LogP contribution is -2.49. The molecule has 0 aliphatic rings. The SMILES string of the molecule is CN(C)CCNC(C)(C(=O)O)c1ccccc1OC(F)F. The Kier molecular flexibility index (Phi) is 6.04. The van der Waals surface area contributed by atoms with E-state index in [1.54, 1.807) is 6.07 Å². The summed E-state index contributed by atoms with van der Waals surface area (Å²) in [6.45, 7) is -0.580. The highest BCUT2D eigenvalue weighted by Crippen LogP contribution is 2.31. The Hall–Kier alpha value is -1.73. The Balaban J connectivity index is 3.07. The van der Waals surface area contributed by atoms with E-state index in [2.05, 4.69) is 10.1 Å². The molecule has 21 heavy (non-hydrogen) atoms. The second-order valence-corrected chi connectivity index (χ2v) is 5.03. The molecule has 5 nitrogen and oxygen atoms in total. The molecule has 1 aromatic rings. The van der Waals surface area contributed by atoms with Crippen LogP contribution in [-0.2, 0) is 10.3 Å². The number of likely N-dealkylation sites (N-methyl/N-ethyl adjacent to an activating group) is 1. The number of benzene rings is 1. The summed E-state index contributed by atoms with van der Waals surface area (Å²) < 4.78 is 29.3. The molecular formula is C14H20F2N2O3. The van der Waals surface area contributed by atoms with Gasteiger partial charge in [0, 0.05) is 18.7 Å². The number of hydrogen-bond acceptors (Lipinski definition) is 4. The van der Waals surface area contributed by atoms with E-state index in [4.69, 9.17) is 0 Å². The van der Waals surface area contributed by atoms with E-state index >= 15 is 0 Å². The molecule has 0 saturated heterocycles. The Bertz CT molecular complexity index is 483. The van der Waals surface area contributed by atoms with Gasteiger partial charge in [0.05, 0.1) is 0 Å². The normalized spacial score (nSPS) is 14.2. The van der Waals surface area contributed by atoms with E-state index in [1.807, 2.05) is 19.0 Å². The summed E-state index contributed by atoms with van der Waals surface area (Å²) in [6.07, 6.45) is 0. The molecule has 0 aromatic heterocycles. The molecule has 118 valence electrons. The Labute approximate surface area is 122 Å². The molecule has 7 heteroatoms. The number of hydrogen-bond donors (Lipinski definition) is 2. The number of para-hydroxylation sites is 1. The van der Waals surface area contributed by atoms with Gasteiger partial charge in [0.15, 0.2) is 0 Å². The molecule has 0 radical (unpaired) electrons. The third-order valence-corrected chi connectivity index (χ3v) is 3.11. The van der Waals surface area contributed by atoms with E-state index in [0.29, 0.717) is 13.1 Å². The lowest BCUT2D eigenvalue weighted by atomic mass is 9.91. The number of nitrogens with zero attached hydrogens (tertiary/aromatic N) is 1. The highest BCUT2D eigenvalue weighted by molar-refractivity contribution is 5.81. The highest BCUT2D eigenvalue weighted by atomic mass is 19.3. The first kappa shape index (κ1) is 17.3. The predicted molar refractivity (Wildman–Crippen MR) is 74.6 cm³/mol. The molecule has 1 aromatic carbocycles. The molecule has 0 saturated carbocycles. The molecule has 0 aliphatic heterocycles. The maximum Gasteiger partial charge on any atom is 0.387 e. The van der Waals surface area contributed by atoms with Crippen molar-refractivity contribution in [2.45, 2.75) is 19.1 Å². The average molecular weight is 302 g/mol. The number of carboxylic acids is 1. The van der Waals surface area contributed by atoms with E-state index in [-0.39, 0.29) is 11.3 Å². The highest BCUT2D eigenvalue weighted by Gasteiger charge is 2.37. The quantitative estimate of drug-likeness (QED) is 0.766. The number of carbonyl (C=O) groups is 1. The summed E-state index contributed by atoms with van der Waals surface area (Å²) in [5.74, 6) is -1.30. The van der Waals surface area contributed by atoms with Crippen LogP contribution in [-0.4, -0.2) is 49.8 Å². The first-order chi connectivity index (χ1) is 9.77. The van der Waals surface area contributed by atoms with Gasteiger partial charge < -0.3 is 14.7 Å². The Morgan fingerprint density at radius 2 is 2.05 bits per heavy atom. The van der Waals surface area contributed by atoms with Crippen molar-refractivity contribution in [3.05, 3.63) is 29.8 Å². The summed E-state index contributed by atoms with van der Waals surface area (Å²) in [5, 5.41) is 12.4. The van der Waals surface area contributed by atoms with Crippen molar-refractivity contribution in [2.24, 2.45) is 0 Å². The first-order valence-electron chi connectivity index (χ1n) is 6.45. The van der Waals surface area contributed by atoms with Crippen LogP contribution in [0.2, 0.25) is 0 Å². The number of rotatable bonds is 8. The number of aliphatic carboxylic acids is 1. The van der Waals surface area contributed by atoms with Crippen LogP contribution in [0.25, 0.3) is 0 Å². The minimum Gasteiger partial charge on any atom is -0.480 e. The molecule has 0 bridgehead atoms. The van der Waals surface area contributed by atoms with Crippen molar-refractivity contribution in [3.63, 3.8) is 0 Å². The Morgan fingerprint density at radius 1 is 1.43 bits per heavy atom. The Morgan fingerprint density at radius 3 is 2.57 bits per heavy atom. The van der Waals surface area contributed by atoms with Crippen LogP contribution in [0, 0.1) is 0 Å². The van der Waals surface area contributed by atoms with Crippen LogP contribution in [0.5, 0.6) is 5.75 Å². The lowest BCUT2D eigenvalue weighted by molar-refractivity contribution is -0.144. The summed E-state index contributed by atoms with van der Waals surface area (Å²) in [4.78, 5) is 13.5. The van der Waals surface area contributed by atoms with Gasteiger partial charge in [-0.05, 0) is 27.1 Å². The summed E-state index contributed by atoms with van der Waals surface area (Å²) in [7, 11) is 3.71. The van der Waals surface area contributed by atoms with Crippen molar-refractivity contribution in [2.75, 3.05) is 27.2 Å². The van der Waals surface area contributed by atoms with E-state index in [1.165, 1.54) is 25.1 Å². The molecule has 0 fully saturated rings. The van der Waals surface area contributed by atoms with Crippen molar-refractivity contribution in [1.82, 2.24) is 10.2 Å². The van der Waals surface area contributed by atoms with Gasteiger partial charge in [-0.15, -0.1) is 0 Å². The monoisotopic (exact) mass is 302 g/mol. The lowest BCUT2D eigenvalue weighted by Gasteiger charge is -2.29. The molecule has 0 spiro atoms. The predicted octanol–water partition coefficient (Wildman–Crippen LogP) is 1.74. The second kappa shape index (κ2) is 7.33. The van der Waals surface area contributed by atoms with E-state index in [0.717, 1.165) is 0 Å².